The minimum atomic E-state index is 0.198. The van der Waals surface area contributed by atoms with Crippen LogP contribution in [-0.4, -0.2) is 22.0 Å². The van der Waals surface area contributed by atoms with Crippen LogP contribution in [0.25, 0.3) is 11.3 Å². The van der Waals surface area contributed by atoms with E-state index >= 15 is 0 Å². The van der Waals surface area contributed by atoms with E-state index in [9.17, 15) is 0 Å². The molecule has 0 spiro atoms. The van der Waals surface area contributed by atoms with E-state index in [2.05, 4.69) is 42.8 Å². The molecular formula is C19H21N3. The SMILES string of the molecule is CC(C)(C)N1CCc2cc(-c3ccc(C#N)cc3)ncc2C1. The van der Waals surface area contributed by atoms with Crippen LogP contribution in [0.15, 0.2) is 36.5 Å². The molecule has 0 fully saturated rings. The van der Waals surface area contributed by atoms with Crippen molar-refractivity contribution in [2.75, 3.05) is 6.54 Å². The highest BCUT2D eigenvalue weighted by molar-refractivity contribution is 5.61. The minimum Gasteiger partial charge on any atom is -0.294 e. The third-order valence-corrected chi connectivity index (χ3v) is 4.35. The van der Waals surface area contributed by atoms with Crippen molar-refractivity contribution >= 4 is 0 Å². The first-order chi connectivity index (χ1) is 10.5. The molecule has 1 aromatic carbocycles. The Balaban J connectivity index is 1.88. The van der Waals surface area contributed by atoms with E-state index in [1.54, 1.807) is 0 Å². The zero-order chi connectivity index (χ0) is 15.7. The molecule has 0 radical (unpaired) electrons. The lowest BCUT2D eigenvalue weighted by Crippen LogP contribution is -2.44. The predicted octanol–water partition coefficient (Wildman–Crippen LogP) is 3.78. The van der Waals surface area contributed by atoms with E-state index in [1.165, 1.54) is 11.1 Å². The average molecular weight is 291 g/mol. The van der Waals surface area contributed by atoms with Gasteiger partial charge in [0.15, 0.2) is 0 Å². The standard InChI is InChI=1S/C19H21N3/c1-19(2,3)22-9-8-16-10-18(21-12-17(16)13-22)15-6-4-14(11-20)5-7-15/h4-7,10,12H,8-9,13H2,1-3H3. The van der Waals surface area contributed by atoms with Gasteiger partial charge in [0.05, 0.1) is 17.3 Å². The largest absolute Gasteiger partial charge is 0.294 e. The quantitative estimate of drug-likeness (QED) is 0.803. The molecule has 0 saturated heterocycles. The zero-order valence-electron chi connectivity index (χ0n) is 13.4. The highest BCUT2D eigenvalue weighted by Crippen LogP contribution is 2.27. The van der Waals surface area contributed by atoms with Crippen LogP contribution in [0.1, 0.15) is 37.5 Å². The lowest BCUT2D eigenvalue weighted by Gasteiger charge is -2.39. The third kappa shape index (κ3) is 2.88. The van der Waals surface area contributed by atoms with Crippen molar-refractivity contribution < 1.29 is 0 Å². The summed E-state index contributed by atoms with van der Waals surface area (Å²) in [6.45, 7) is 8.84. The van der Waals surface area contributed by atoms with Gasteiger partial charge in [0.25, 0.3) is 0 Å². The highest BCUT2D eigenvalue weighted by atomic mass is 15.2. The van der Waals surface area contributed by atoms with Crippen molar-refractivity contribution in [3.63, 3.8) is 0 Å². The molecular weight excluding hydrogens is 270 g/mol. The van der Waals surface area contributed by atoms with Crippen LogP contribution >= 0.6 is 0 Å². The lowest BCUT2D eigenvalue weighted by atomic mass is 9.95. The van der Waals surface area contributed by atoms with Crippen molar-refractivity contribution in [3.8, 4) is 17.3 Å². The first-order valence-corrected chi connectivity index (χ1v) is 7.71. The average Bonchev–Trinajstić information content (AvgIpc) is 2.53. The van der Waals surface area contributed by atoms with Crippen molar-refractivity contribution in [1.82, 2.24) is 9.88 Å². The number of hydrogen-bond acceptors (Lipinski definition) is 3. The van der Waals surface area contributed by atoms with Gasteiger partial charge in [0.1, 0.15) is 0 Å². The van der Waals surface area contributed by atoms with Crippen LogP contribution < -0.4 is 0 Å². The number of rotatable bonds is 1. The molecule has 2 heterocycles. The maximum absolute atomic E-state index is 8.88. The molecule has 0 N–H and O–H groups in total. The van der Waals surface area contributed by atoms with Crippen LogP contribution in [0.4, 0.5) is 0 Å². The molecule has 1 aliphatic heterocycles. The summed E-state index contributed by atoms with van der Waals surface area (Å²) in [5.41, 5.74) is 5.67. The van der Waals surface area contributed by atoms with Crippen molar-refractivity contribution in [2.24, 2.45) is 0 Å². The number of nitrogens with zero attached hydrogens (tertiary/aromatic N) is 3. The zero-order valence-corrected chi connectivity index (χ0v) is 13.4. The molecule has 0 saturated carbocycles. The summed E-state index contributed by atoms with van der Waals surface area (Å²) in [6, 6.07) is 12.0. The Morgan fingerprint density at radius 1 is 1.14 bits per heavy atom. The molecule has 2 aromatic rings. The summed E-state index contributed by atoms with van der Waals surface area (Å²) < 4.78 is 0. The van der Waals surface area contributed by atoms with Gasteiger partial charge in [-0.2, -0.15) is 5.26 Å². The second-order valence-electron chi connectivity index (χ2n) is 6.87. The molecule has 0 atom stereocenters. The maximum Gasteiger partial charge on any atom is 0.0991 e. The number of fused-ring (bicyclic) bond motifs is 1. The van der Waals surface area contributed by atoms with Crippen LogP contribution in [0, 0.1) is 11.3 Å². The topological polar surface area (TPSA) is 39.9 Å². The van der Waals surface area contributed by atoms with Gasteiger partial charge in [-0.25, -0.2) is 0 Å². The van der Waals surface area contributed by atoms with E-state index in [4.69, 9.17) is 5.26 Å². The Morgan fingerprint density at radius 3 is 2.50 bits per heavy atom. The number of nitriles is 1. The lowest BCUT2D eigenvalue weighted by molar-refractivity contribution is 0.120. The predicted molar refractivity (Wildman–Crippen MR) is 88.3 cm³/mol. The Morgan fingerprint density at radius 2 is 1.86 bits per heavy atom. The summed E-state index contributed by atoms with van der Waals surface area (Å²) in [5, 5.41) is 8.88. The fourth-order valence-electron chi connectivity index (χ4n) is 2.89. The van der Waals surface area contributed by atoms with Crippen LogP contribution in [-0.2, 0) is 13.0 Å². The van der Waals surface area contributed by atoms with Gasteiger partial charge >= 0.3 is 0 Å². The second-order valence-corrected chi connectivity index (χ2v) is 6.87. The number of hydrogen-bond donors (Lipinski definition) is 0. The second kappa shape index (κ2) is 5.55. The molecule has 1 aliphatic rings. The molecule has 0 unspecified atom stereocenters. The summed E-state index contributed by atoms with van der Waals surface area (Å²) in [5.74, 6) is 0. The molecule has 0 amide bonds. The van der Waals surface area contributed by atoms with E-state index in [1.807, 2.05) is 30.5 Å². The molecule has 3 nitrogen and oxygen atoms in total. The van der Waals surface area contributed by atoms with Gasteiger partial charge in [-0.3, -0.25) is 9.88 Å². The van der Waals surface area contributed by atoms with E-state index in [0.717, 1.165) is 30.8 Å². The molecule has 112 valence electrons. The van der Waals surface area contributed by atoms with Gasteiger partial charge in [-0.05, 0) is 56.5 Å². The van der Waals surface area contributed by atoms with Crippen LogP contribution in [0.5, 0.6) is 0 Å². The Bertz CT molecular complexity index is 718. The third-order valence-electron chi connectivity index (χ3n) is 4.35. The number of aromatic nitrogens is 1. The van der Waals surface area contributed by atoms with E-state index in [0.29, 0.717) is 5.56 Å². The normalized spacial score (nSPS) is 15.2. The summed E-state index contributed by atoms with van der Waals surface area (Å²) in [4.78, 5) is 7.12. The Kier molecular flexibility index (Phi) is 3.72. The first kappa shape index (κ1) is 14.7. The number of benzene rings is 1. The van der Waals surface area contributed by atoms with Crippen molar-refractivity contribution in [3.05, 3.63) is 53.2 Å². The van der Waals surface area contributed by atoms with Crippen molar-refractivity contribution in [2.45, 2.75) is 39.3 Å². The molecule has 1 aromatic heterocycles. The monoisotopic (exact) mass is 291 g/mol. The van der Waals surface area contributed by atoms with Gasteiger partial charge in [-0.1, -0.05) is 12.1 Å². The van der Waals surface area contributed by atoms with Gasteiger partial charge in [0, 0.05) is 30.4 Å². The molecule has 3 rings (SSSR count). The van der Waals surface area contributed by atoms with Crippen LogP contribution in [0.2, 0.25) is 0 Å². The molecule has 22 heavy (non-hydrogen) atoms. The first-order valence-electron chi connectivity index (χ1n) is 7.71. The van der Waals surface area contributed by atoms with Gasteiger partial charge < -0.3 is 0 Å². The van der Waals surface area contributed by atoms with Gasteiger partial charge in [-0.15, -0.1) is 0 Å². The number of pyridine rings is 1. The van der Waals surface area contributed by atoms with Gasteiger partial charge in [0.2, 0.25) is 0 Å². The summed E-state index contributed by atoms with van der Waals surface area (Å²) >= 11 is 0. The van der Waals surface area contributed by atoms with Crippen LogP contribution in [0.3, 0.4) is 0 Å². The fraction of sp³-hybridized carbons (Fsp3) is 0.368. The maximum atomic E-state index is 8.88. The minimum absolute atomic E-state index is 0.198. The van der Waals surface area contributed by atoms with E-state index in [-0.39, 0.29) is 5.54 Å². The summed E-state index contributed by atoms with van der Waals surface area (Å²) in [7, 11) is 0. The van der Waals surface area contributed by atoms with Crippen molar-refractivity contribution in [1.29, 1.82) is 5.26 Å². The smallest absolute Gasteiger partial charge is 0.0991 e. The van der Waals surface area contributed by atoms with E-state index < -0.39 is 0 Å². The Labute approximate surface area is 132 Å². The Hall–Kier alpha value is -2.18. The fourth-order valence-corrected chi connectivity index (χ4v) is 2.89. The molecule has 3 heteroatoms. The highest BCUT2D eigenvalue weighted by Gasteiger charge is 2.25. The molecule has 0 bridgehead atoms. The summed E-state index contributed by atoms with van der Waals surface area (Å²) in [6.07, 6.45) is 3.08. The molecule has 0 aliphatic carbocycles.